The van der Waals surface area contributed by atoms with Crippen molar-refractivity contribution in [2.24, 2.45) is 5.92 Å². The van der Waals surface area contributed by atoms with Crippen molar-refractivity contribution in [3.8, 4) is 11.5 Å². The Kier molecular flexibility index (Phi) is 7.12. The number of amides is 2. The molecule has 33 heavy (non-hydrogen) atoms. The number of carbonyl (C=O) groups is 2. The molecule has 2 N–H and O–H groups in total. The van der Waals surface area contributed by atoms with Gasteiger partial charge in [0.25, 0.3) is 5.91 Å². The third kappa shape index (κ3) is 5.45. The highest BCUT2D eigenvalue weighted by Crippen LogP contribution is 2.25. The quantitative estimate of drug-likeness (QED) is 0.514. The molecule has 8 heteroatoms. The number of imidazole rings is 1. The van der Waals surface area contributed by atoms with Crippen LogP contribution >= 0.6 is 0 Å². The third-order valence-electron chi connectivity index (χ3n) is 6.08. The molecule has 2 amide bonds. The molecular formula is C25H30N4O4. The Bertz CT molecular complexity index is 1060. The summed E-state index contributed by atoms with van der Waals surface area (Å²) in [4.78, 5) is 35.2. The number of benzene rings is 2. The van der Waals surface area contributed by atoms with E-state index in [2.05, 4.69) is 15.3 Å². The lowest BCUT2D eigenvalue weighted by Gasteiger charge is -2.31. The molecule has 1 aromatic heterocycles. The van der Waals surface area contributed by atoms with E-state index in [-0.39, 0.29) is 17.7 Å². The summed E-state index contributed by atoms with van der Waals surface area (Å²) in [6.07, 6.45) is 2.91. The van der Waals surface area contributed by atoms with Gasteiger partial charge in [0.2, 0.25) is 5.91 Å². The van der Waals surface area contributed by atoms with Gasteiger partial charge in [0.1, 0.15) is 17.3 Å². The molecule has 0 atom stereocenters. The molecule has 0 bridgehead atoms. The minimum Gasteiger partial charge on any atom is -0.497 e. The fraction of sp³-hybridized carbons (Fsp3) is 0.400. The van der Waals surface area contributed by atoms with E-state index in [0.717, 1.165) is 29.7 Å². The molecule has 2 aromatic carbocycles. The zero-order valence-corrected chi connectivity index (χ0v) is 19.1. The fourth-order valence-corrected chi connectivity index (χ4v) is 4.19. The molecule has 2 heterocycles. The van der Waals surface area contributed by atoms with E-state index < -0.39 is 0 Å². The SMILES string of the molecule is COc1cc(OC)cc(C(=O)N2CCC(C(=O)NCCCc3nc4ccccc4[nH]3)CC2)c1. The topological polar surface area (TPSA) is 96.6 Å². The largest absolute Gasteiger partial charge is 0.497 e. The summed E-state index contributed by atoms with van der Waals surface area (Å²) in [5.74, 6) is 2.02. The first kappa shape index (κ1) is 22.6. The van der Waals surface area contributed by atoms with Crippen molar-refractivity contribution < 1.29 is 19.1 Å². The summed E-state index contributed by atoms with van der Waals surface area (Å²) in [6.45, 7) is 1.71. The first-order valence-electron chi connectivity index (χ1n) is 11.3. The summed E-state index contributed by atoms with van der Waals surface area (Å²) < 4.78 is 10.5. The van der Waals surface area contributed by atoms with Gasteiger partial charge in [-0.2, -0.15) is 0 Å². The number of ether oxygens (including phenoxy) is 2. The van der Waals surface area contributed by atoms with Gasteiger partial charge in [0, 0.05) is 43.6 Å². The molecule has 1 saturated heterocycles. The van der Waals surface area contributed by atoms with Gasteiger partial charge in [-0.1, -0.05) is 12.1 Å². The average Bonchev–Trinajstić information content (AvgIpc) is 3.28. The Morgan fingerprint density at radius 1 is 1.09 bits per heavy atom. The Morgan fingerprint density at radius 3 is 2.45 bits per heavy atom. The zero-order valence-electron chi connectivity index (χ0n) is 19.1. The minimum absolute atomic E-state index is 0.0646. The maximum absolute atomic E-state index is 12.9. The number of aryl methyl sites for hydroxylation is 1. The number of fused-ring (bicyclic) bond motifs is 1. The number of para-hydroxylation sites is 2. The van der Waals surface area contributed by atoms with Gasteiger partial charge >= 0.3 is 0 Å². The highest BCUT2D eigenvalue weighted by molar-refractivity contribution is 5.95. The Morgan fingerprint density at radius 2 is 1.79 bits per heavy atom. The monoisotopic (exact) mass is 450 g/mol. The molecule has 1 aliphatic heterocycles. The molecule has 0 radical (unpaired) electrons. The Balaban J connectivity index is 1.22. The predicted octanol–water partition coefficient (Wildman–Crippen LogP) is 3.18. The Hall–Kier alpha value is -3.55. The standard InChI is InChI=1S/C25H30N4O4/c1-32-19-14-18(15-20(16-19)33-2)25(31)29-12-9-17(10-13-29)24(30)26-11-5-8-23-27-21-6-3-4-7-22(21)28-23/h3-4,6-7,14-17H,5,8-13H2,1-2H3,(H,26,30)(H,27,28). The number of rotatable bonds is 8. The van der Waals surface area contributed by atoms with Gasteiger partial charge in [-0.25, -0.2) is 4.98 Å². The number of hydrogen-bond donors (Lipinski definition) is 2. The molecule has 1 aliphatic rings. The van der Waals surface area contributed by atoms with Gasteiger partial charge in [-0.05, 0) is 43.5 Å². The summed E-state index contributed by atoms with van der Waals surface area (Å²) in [6, 6.07) is 13.1. The smallest absolute Gasteiger partial charge is 0.254 e. The van der Waals surface area contributed by atoms with E-state index in [1.807, 2.05) is 24.3 Å². The number of hydrogen-bond acceptors (Lipinski definition) is 5. The van der Waals surface area contributed by atoms with Crippen molar-refractivity contribution in [1.82, 2.24) is 20.2 Å². The lowest BCUT2D eigenvalue weighted by molar-refractivity contribution is -0.126. The van der Waals surface area contributed by atoms with E-state index in [0.29, 0.717) is 49.5 Å². The van der Waals surface area contributed by atoms with Crippen LogP contribution in [-0.2, 0) is 11.2 Å². The van der Waals surface area contributed by atoms with Crippen LogP contribution in [0.3, 0.4) is 0 Å². The molecular weight excluding hydrogens is 420 g/mol. The van der Waals surface area contributed by atoms with Crippen LogP contribution in [-0.4, -0.2) is 60.5 Å². The second-order valence-electron chi connectivity index (χ2n) is 8.26. The highest BCUT2D eigenvalue weighted by Gasteiger charge is 2.28. The average molecular weight is 451 g/mol. The molecule has 3 aromatic rings. The second-order valence-corrected chi connectivity index (χ2v) is 8.26. The van der Waals surface area contributed by atoms with Gasteiger partial charge in [0.05, 0.1) is 25.3 Å². The van der Waals surface area contributed by atoms with Crippen molar-refractivity contribution in [3.63, 3.8) is 0 Å². The molecule has 174 valence electrons. The first-order chi connectivity index (χ1) is 16.1. The normalized spacial score (nSPS) is 14.3. The summed E-state index contributed by atoms with van der Waals surface area (Å²) in [5, 5.41) is 3.05. The molecule has 0 spiro atoms. The second kappa shape index (κ2) is 10.4. The number of carbonyl (C=O) groups excluding carboxylic acids is 2. The van der Waals surface area contributed by atoms with Crippen LogP contribution < -0.4 is 14.8 Å². The lowest BCUT2D eigenvalue weighted by atomic mass is 9.95. The molecule has 0 saturated carbocycles. The first-order valence-corrected chi connectivity index (χ1v) is 11.3. The van der Waals surface area contributed by atoms with Crippen LogP contribution in [0.1, 0.15) is 35.4 Å². The van der Waals surface area contributed by atoms with Crippen LogP contribution in [0.25, 0.3) is 11.0 Å². The van der Waals surface area contributed by atoms with Gasteiger partial charge in [0.15, 0.2) is 0 Å². The van der Waals surface area contributed by atoms with Crippen molar-refractivity contribution in [2.75, 3.05) is 33.9 Å². The number of methoxy groups -OCH3 is 2. The number of H-pyrrole nitrogens is 1. The lowest BCUT2D eigenvalue weighted by Crippen LogP contribution is -2.43. The molecule has 1 fully saturated rings. The summed E-state index contributed by atoms with van der Waals surface area (Å²) in [7, 11) is 3.12. The van der Waals surface area contributed by atoms with Crippen LogP contribution in [0, 0.1) is 5.92 Å². The van der Waals surface area contributed by atoms with Crippen molar-refractivity contribution in [1.29, 1.82) is 0 Å². The van der Waals surface area contributed by atoms with E-state index in [1.54, 1.807) is 37.3 Å². The van der Waals surface area contributed by atoms with Crippen LogP contribution in [0.5, 0.6) is 11.5 Å². The number of piperidine rings is 1. The maximum Gasteiger partial charge on any atom is 0.254 e. The number of nitrogens with one attached hydrogen (secondary N) is 2. The third-order valence-corrected chi connectivity index (χ3v) is 6.08. The van der Waals surface area contributed by atoms with E-state index in [4.69, 9.17) is 9.47 Å². The summed E-state index contributed by atoms with van der Waals surface area (Å²) >= 11 is 0. The van der Waals surface area contributed by atoms with E-state index >= 15 is 0 Å². The van der Waals surface area contributed by atoms with Crippen molar-refractivity contribution >= 4 is 22.8 Å². The fourth-order valence-electron chi connectivity index (χ4n) is 4.19. The van der Waals surface area contributed by atoms with E-state index in [1.165, 1.54) is 0 Å². The van der Waals surface area contributed by atoms with Crippen LogP contribution in [0.15, 0.2) is 42.5 Å². The molecule has 0 unspecified atom stereocenters. The molecule has 4 rings (SSSR count). The zero-order chi connectivity index (χ0) is 23.2. The van der Waals surface area contributed by atoms with Gasteiger partial charge in [-0.3, -0.25) is 9.59 Å². The van der Waals surface area contributed by atoms with Crippen LogP contribution in [0.2, 0.25) is 0 Å². The molecule has 0 aliphatic carbocycles. The summed E-state index contributed by atoms with van der Waals surface area (Å²) in [5.41, 5.74) is 2.52. The highest BCUT2D eigenvalue weighted by atomic mass is 16.5. The number of likely N-dealkylation sites (tertiary alicyclic amines) is 1. The van der Waals surface area contributed by atoms with Crippen LogP contribution in [0.4, 0.5) is 0 Å². The predicted molar refractivity (Wildman–Crippen MR) is 126 cm³/mol. The maximum atomic E-state index is 12.9. The van der Waals surface area contributed by atoms with Crippen molar-refractivity contribution in [2.45, 2.75) is 25.7 Å². The van der Waals surface area contributed by atoms with Gasteiger partial charge in [-0.15, -0.1) is 0 Å². The Labute approximate surface area is 193 Å². The number of nitrogens with zero attached hydrogens (tertiary/aromatic N) is 2. The van der Waals surface area contributed by atoms with E-state index in [9.17, 15) is 9.59 Å². The van der Waals surface area contributed by atoms with Gasteiger partial charge < -0.3 is 24.7 Å². The minimum atomic E-state index is -0.0723. The van der Waals surface area contributed by atoms with Crippen molar-refractivity contribution in [3.05, 3.63) is 53.9 Å². The number of aromatic nitrogens is 2. The molecule has 8 nitrogen and oxygen atoms in total. The number of aromatic amines is 1.